The summed E-state index contributed by atoms with van der Waals surface area (Å²) in [7, 11) is 1.47. The van der Waals surface area contributed by atoms with Gasteiger partial charge in [-0.05, 0) is 0 Å². The second kappa shape index (κ2) is 16.3. The van der Waals surface area contributed by atoms with Gasteiger partial charge in [-0.15, -0.1) is 0 Å². The number of nitrogens with zero attached hydrogens (tertiary/aromatic N) is 1. The van der Waals surface area contributed by atoms with Crippen LogP contribution in [-0.4, -0.2) is 105 Å². The standard InChI is InChI=1S/C21H33NO12S/c1-13(23)30-11-18-20(32-15(3)25)17(31-14(2)24)10-19(33-18)34-21(27)22(6-7-28-5)12-29-8-9-35-16(4)26/h17-20H,6-12H2,1-5H3/t17-,18-,19+,20-/m1/s1. The van der Waals surface area contributed by atoms with Crippen molar-refractivity contribution in [2.75, 3.05) is 46.0 Å². The number of ether oxygens (including phenoxy) is 7. The molecule has 1 saturated heterocycles. The number of thioether (sulfide) groups is 1. The van der Waals surface area contributed by atoms with Gasteiger partial charge in [-0.2, -0.15) is 0 Å². The lowest BCUT2D eigenvalue weighted by Crippen LogP contribution is -2.55. The highest BCUT2D eigenvalue weighted by molar-refractivity contribution is 8.13. The molecule has 1 aliphatic heterocycles. The Labute approximate surface area is 208 Å². The zero-order chi connectivity index (χ0) is 26.4. The van der Waals surface area contributed by atoms with Crippen LogP contribution < -0.4 is 0 Å². The van der Waals surface area contributed by atoms with Crippen molar-refractivity contribution in [1.82, 2.24) is 4.90 Å². The Hall–Kier alpha value is -2.42. The van der Waals surface area contributed by atoms with Gasteiger partial charge >= 0.3 is 24.0 Å². The summed E-state index contributed by atoms with van der Waals surface area (Å²) in [6.07, 6.45) is -5.31. The second-order valence-electron chi connectivity index (χ2n) is 7.38. The quantitative estimate of drug-likeness (QED) is 0.145. The van der Waals surface area contributed by atoms with Crippen LogP contribution in [0.1, 0.15) is 34.1 Å². The summed E-state index contributed by atoms with van der Waals surface area (Å²) in [6, 6.07) is 0. The van der Waals surface area contributed by atoms with Crippen molar-refractivity contribution in [2.45, 2.75) is 58.7 Å². The van der Waals surface area contributed by atoms with Crippen molar-refractivity contribution in [3.05, 3.63) is 0 Å². The molecule has 4 atom stereocenters. The molecular formula is C21H33NO12S. The van der Waals surface area contributed by atoms with Crippen LogP contribution in [0.5, 0.6) is 0 Å². The van der Waals surface area contributed by atoms with E-state index in [1.807, 2.05) is 0 Å². The lowest BCUT2D eigenvalue weighted by Gasteiger charge is -2.39. The fourth-order valence-electron chi connectivity index (χ4n) is 2.99. The number of carbonyl (C=O) groups excluding carboxylic acids is 5. The maximum absolute atomic E-state index is 12.8. The minimum Gasteiger partial charge on any atom is -0.463 e. The lowest BCUT2D eigenvalue weighted by atomic mass is 10.0. The zero-order valence-electron chi connectivity index (χ0n) is 20.5. The van der Waals surface area contributed by atoms with Crippen molar-refractivity contribution in [3.63, 3.8) is 0 Å². The Balaban J connectivity index is 2.90. The van der Waals surface area contributed by atoms with Crippen LogP contribution in [-0.2, 0) is 52.3 Å². The number of methoxy groups -OCH3 is 1. The third-order valence-electron chi connectivity index (χ3n) is 4.39. The normalized spacial score (nSPS) is 21.5. The Bertz CT molecular complexity index is 733. The number of amides is 1. The van der Waals surface area contributed by atoms with Gasteiger partial charge in [-0.3, -0.25) is 24.1 Å². The maximum atomic E-state index is 12.8. The minimum atomic E-state index is -1.21. The molecule has 1 heterocycles. The first-order valence-electron chi connectivity index (χ1n) is 10.8. The van der Waals surface area contributed by atoms with Gasteiger partial charge in [0.25, 0.3) is 0 Å². The molecule has 0 aromatic heterocycles. The highest BCUT2D eigenvalue weighted by Crippen LogP contribution is 2.27. The average Bonchev–Trinajstić information content (AvgIpc) is 2.75. The monoisotopic (exact) mass is 523 g/mol. The minimum absolute atomic E-state index is 0.0450. The molecule has 14 heteroatoms. The third-order valence-corrected chi connectivity index (χ3v) is 5.17. The molecule has 0 aliphatic carbocycles. The van der Waals surface area contributed by atoms with Crippen LogP contribution in [0.3, 0.4) is 0 Å². The highest BCUT2D eigenvalue weighted by Gasteiger charge is 2.45. The Morgan fingerprint density at radius 2 is 1.63 bits per heavy atom. The van der Waals surface area contributed by atoms with Gasteiger partial charge in [0, 0.05) is 47.1 Å². The van der Waals surface area contributed by atoms with E-state index in [0.717, 1.165) is 11.8 Å². The van der Waals surface area contributed by atoms with E-state index in [9.17, 15) is 24.0 Å². The molecule has 0 N–H and O–H groups in total. The fraction of sp³-hybridized carbons (Fsp3) is 0.762. The van der Waals surface area contributed by atoms with Crippen LogP contribution in [0.4, 0.5) is 4.79 Å². The molecule has 0 aromatic carbocycles. The molecule has 1 rings (SSSR count). The predicted molar refractivity (Wildman–Crippen MR) is 120 cm³/mol. The van der Waals surface area contributed by atoms with Crippen LogP contribution in [0.2, 0.25) is 0 Å². The summed E-state index contributed by atoms with van der Waals surface area (Å²) in [5.41, 5.74) is 0. The molecule has 1 fully saturated rings. The predicted octanol–water partition coefficient (Wildman–Crippen LogP) is 0.867. The van der Waals surface area contributed by atoms with Gasteiger partial charge in [0.1, 0.15) is 25.5 Å². The van der Waals surface area contributed by atoms with Crippen LogP contribution >= 0.6 is 11.8 Å². The van der Waals surface area contributed by atoms with Crippen molar-refractivity contribution in [2.24, 2.45) is 0 Å². The molecule has 0 bridgehead atoms. The van der Waals surface area contributed by atoms with E-state index < -0.39 is 48.6 Å². The third kappa shape index (κ3) is 12.7. The largest absolute Gasteiger partial charge is 0.463 e. The molecule has 200 valence electrons. The van der Waals surface area contributed by atoms with Crippen LogP contribution in [0.15, 0.2) is 0 Å². The highest BCUT2D eigenvalue weighted by atomic mass is 32.2. The van der Waals surface area contributed by atoms with Crippen molar-refractivity contribution < 1.29 is 57.1 Å². The number of hydrogen-bond donors (Lipinski definition) is 0. The van der Waals surface area contributed by atoms with E-state index in [4.69, 9.17) is 33.2 Å². The molecular weight excluding hydrogens is 490 g/mol. The number of esters is 3. The van der Waals surface area contributed by atoms with Gasteiger partial charge in [0.2, 0.25) is 6.29 Å². The first-order valence-corrected chi connectivity index (χ1v) is 11.8. The van der Waals surface area contributed by atoms with E-state index in [1.165, 1.54) is 39.7 Å². The Morgan fingerprint density at radius 3 is 2.20 bits per heavy atom. The number of carbonyl (C=O) groups is 5. The molecule has 0 unspecified atom stereocenters. The SMILES string of the molecule is COCCN(COCCSC(C)=O)C(=O)O[C@H]1C[C@@H](OC(C)=O)[C@@H](OC(C)=O)[C@@H](COC(C)=O)O1. The van der Waals surface area contributed by atoms with Crippen LogP contribution in [0.25, 0.3) is 0 Å². The van der Waals surface area contributed by atoms with Gasteiger partial charge in [0.15, 0.2) is 11.2 Å². The molecule has 0 spiro atoms. The van der Waals surface area contributed by atoms with Crippen molar-refractivity contribution in [3.8, 4) is 0 Å². The van der Waals surface area contributed by atoms with Crippen molar-refractivity contribution in [1.29, 1.82) is 0 Å². The molecule has 0 saturated carbocycles. The first kappa shape index (κ1) is 30.6. The van der Waals surface area contributed by atoms with E-state index >= 15 is 0 Å². The smallest absolute Gasteiger partial charge is 0.414 e. The molecule has 1 amide bonds. The van der Waals surface area contributed by atoms with Crippen molar-refractivity contribution >= 4 is 40.9 Å². The summed E-state index contributed by atoms with van der Waals surface area (Å²) in [5.74, 6) is -1.49. The van der Waals surface area contributed by atoms with E-state index in [-0.39, 0.29) is 44.6 Å². The number of rotatable bonds is 13. The Kier molecular flexibility index (Phi) is 14.2. The van der Waals surface area contributed by atoms with Gasteiger partial charge in [-0.25, -0.2) is 4.79 Å². The fourth-order valence-corrected chi connectivity index (χ4v) is 3.48. The average molecular weight is 524 g/mol. The molecule has 1 aliphatic rings. The Morgan fingerprint density at radius 1 is 0.943 bits per heavy atom. The van der Waals surface area contributed by atoms with E-state index in [1.54, 1.807) is 0 Å². The van der Waals surface area contributed by atoms with Gasteiger partial charge in [-0.1, -0.05) is 11.8 Å². The second-order valence-corrected chi connectivity index (χ2v) is 8.65. The van der Waals surface area contributed by atoms with Gasteiger partial charge < -0.3 is 33.2 Å². The summed E-state index contributed by atoms with van der Waals surface area (Å²) >= 11 is 1.10. The topological polar surface area (TPSA) is 153 Å². The lowest BCUT2D eigenvalue weighted by molar-refractivity contribution is -0.254. The maximum Gasteiger partial charge on any atom is 0.414 e. The summed E-state index contributed by atoms with van der Waals surface area (Å²) in [6.45, 7) is 5.09. The van der Waals surface area contributed by atoms with Crippen LogP contribution in [0, 0.1) is 0 Å². The van der Waals surface area contributed by atoms with Gasteiger partial charge in [0.05, 0.1) is 19.6 Å². The first-order chi connectivity index (χ1) is 16.5. The zero-order valence-corrected chi connectivity index (χ0v) is 21.3. The summed E-state index contributed by atoms with van der Waals surface area (Å²) < 4.78 is 37.1. The molecule has 13 nitrogen and oxygen atoms in total. The summed E-state index contributed by atoms with van der Waals surface area (Å²) in [4.78, 5) is 59.6. The molecule has 35 heavy (non-hydrogen) atoms. The summed E-state index contributed by atoms with van der Waals surface area (Å²) in [5, 5.41) is -0.0450. The van der Waals surface area contributed by atoms with E-state index in [2.05, 4.69) is 0 Å². The molecule has 0 aromatic rings. The molecule has 0 radical (unpaired) electrons. The number of hydrogen-bond acceptors (Lipinski definition) is 13. The van der Waals surface area contributed by atoms with E-state index in [0.29, 0.717) is 5.75 Å².